The Morgan fingerprint density at radius 2 is 1.72 bits per heavy atom. The molecule has 8 nitrogen and oxygen atoms in total. The van der Waals surface area contributed by atoms with E-state index in [2.05, 4.69) is 5.32 Å². The van der Waals surface area contributed by atoms with E-state index in [9.17, 15) is 24.3 Å². The number of imide groups is 2. The number of carboxylic acids is 1. The smallest absolute Gasteiger partial charge is 0.335 e. The molecule has 10 heteroatoms. The standard InChI is InChI=1S/C22H18Cl2N2O6/c1-11(2)13-3-5-14(6-4-13)26-21(30)15(20(29)25-22(26)31)7-12-8-16(23)19(17(24)9-12)32-10-18(27)28/h3-9,11H,10H2,1-2H3,(H,27,28)(H,25,29,31)/p-1/b15-7-. The number of benzene rings is 2. The molecular formula is C22H17Cl2N2O6-. The van der Waals surface area contributed by atoms with Crippen LogP contribution in [-0.2, 0) is 14.4 Å². The van der Waals surface area contributed by atoms with Crippen molar-refractivity contribution in [3.63, 3.8) is 0 Å². The summed E-state index contributed by atoms with van der Waals surface area (Å²) in [7, 11) is 0. The Morgan fingerprint density at radius 1 is 1.12 bits per heavy atom. The van der Waals surface area contributed by atoms with Crippen LogP contribution in [0.25, 0.3) is 6.08 Å². The molecule has 2 aromatic rings. The topological polar surface area (TPSA) is 116 Å². The lowest BCUT2D eigenvalue weighted by atomic mass is 10.0. The molecule has 1 N–H and O–H groups in total. The third-order valence-corrected chi connectivity index (χ3v) is 5.15. The number of nitrogens with zero attached hydrogens (tertiary/aromatic N) is 1. The number of barbiturate groups is 1. The minimum Gasteiger partial charge on any atom is -0.546 e. The van der Waals surface area contributed by atoms with E-state index in [1.54, 1.807) is 24.3 Å². The molecule has 0 atom stereocenters. The summed E-state index contributed by atoms with van der Waals surface area (Å²) in [6.45, 7) is 3.27. The van der Waals surface area contributed by atoms with Gasteiger partial charge in [-0.25, -0.2) is 9.69 Å². The van der Waals surface area contributed by atoms with E-state index in [1.807, 2.05) is 13.8 Å². The van der Waals surface area contributed by atoms with Crippen molar-refractivity contribution in [2.75, 3.05) is 11.5 Å². The monoisotopic (exact) mass is 475 g/mol. The van der Waals surface area contributed by atoms with Gasteiger partial charge in [0.25, 0.3) is 11.8 Å². The highest BCUT2D eigenvalue weighted by atomic mass is 35.5. The van der Waals surface area contributed by atoms with Crippen molar-refractivity contribution in [2.24, 2.45) is 0 Å². The number of anilines is 1. The van der Waals surface area contributed by atoms with Gasteiger partial charge in [-0.15, -0.1) is 0 Å². The van der Waals surface area contributed by atoms with Crippen molar-refractivity contribution in [3.8, 4) is 5.75 Å². The summed E-state index contributed by atoms with van der Waals surface area (Å²) < 4.78 is 4.99. The number of halogens is 2. The Kier molecular flexibility index (Phi) is 6.86. The van der Waals surface area contributed by atoms with Crippen LogP contribution < -0.4 is 20.1 Å². The number of rotatable bonds is 6. The first-order chi connectivity index (χ1) is 15.1. The highest BCUT2D eigenvalue weighted by Crippen LogP contribution is 2.35. The molecular weight excluding hydrogens is 459 g/mol. The van der Waals surface area contributed by atoms with Gasteiger partial charge in [-0.1, -0.05) is 49.2 Å². The lowest BCUT2D eigenvalue weighted by Crippen LogP contribution is -2.54. The van der Waals surface area contributed by atoms with Crippen molar-refractivity contribution >= 4 is 58.8 Å². The number of hydrogen-bond donors (Lipinski definition) is 1. The number of hydrogen-bond acceptors (Lipinski definition) is 6. The Morgan fingerprint density at radius 3 is 2.25 bits per heavy atom. The summed E-state index contributed by atoms with van der Waals surface area (Å²) in [6, 6.07) is 8.65. The fourth-order valence-electron chi connectivity index (χ4n) is 3.00. The van der Waals surface area contributed by atoms with Crippen LogP contribution in [0.15, 0.2) is 42.0 Å². The summed E-state index contributed by atoms with van der Waals surface area (Å²) in [6.07, 6.45) is 1.22. The van der Waals surface area contributed by atoms with Crippen molar-refractivity contribution in [3.05, 3.63) is 63.1 Å². The van der Waals surface area contributed by atoms with Gasteiger partial charge in [-0.3, -0.25) is 14.9 Å². The third kappa shape index (κ3) is 4.92. The summed E-state index contributed by atoms with van der Waals surface area (Å²) in [5.74, 6) is -2.97. The lowest BCUT2D eigenvalue weighted by molar-refractivity contribution is -0.307. The van der Waals surface area contributed by atoms with Crippen molar-refractivity contribution in [1.82, 2.24) is 5.32 Å². The maximum absolute atomic E-state index is 13.0. The Hall–Kier alpha value is -3.36. The minimum absolute atomic E-state index is 0.0357. The Bertz CT molecular complexity index is 1120. The number of amides is 4. The maximum Gasteiger partial charge on any atom is 0.335 e. The Balaban J connectivity index is 1.94. The summed E-state index contributed by atoms with van der Waals surface area (Å²) in [5, 5.41) is 12.6. The summed E-state index contributed by atoms with van der Waals surface area (Å²) >= 11 is 12.2. The zero-order valence-corrected chi connectivity index (χ0v) is 18.5. The average molecular weight is 476 g/mol. The normalized spacial score (nSPS) is 15.3. The van der Waals surface area contributed by atoms with Crippen LogP contribution in [0.4, 0.5) is 10.5 Å². The van der Waals surface area contributed by atoms with Gasteiger partial charge in [0.05, 0.1) is 21.7 Å². The molecule has 4 amide bonds. The zero-order valence-electron chi connectivity index (χ0n) is 17.0. The van der Waals surface area contributed by atoms with Crippen LogP contribution in [0.2, 0.25) is 10.0 Å². The quantitative estimate of drug-likeness (QED) is 0.507. The van der Waals surface area contributed by atoms with Gasteiger partial charge in [0.15, 0.2) is 5.75 Å². The molecule has 2 aromatic carbocycles. The second-order valence-corrected chi connectivity index (χ2v) is 7.99. The minimum atomic E-state index is -1.46. The molecule has 3 rings (SSSR count). The Labute approximate surface area is 193 Å². The van der Waals surface area contributed by atoms with E-state index in [0.717, 1.165) is 10.5 Å². The van der Waals surface area contributed by atoms with E-state index < -0.39 is 30.4 Å². The fraction of sp³-hybridized carbons (Fsp3) is 0.182. The number of carbonyl (C=O) groups is 4. The van der Waals surface area contributed by atoms with Gasteiger partial charge < -0.3 is 14.6 Å². The second kappa shape index (κ2) is 9.42. The molecule has 32 heavy (non-hydrogen) atoms. The van der Waals surface area contributed by atoms with E-state index in [1.165, 1.54) is 18.2 Å². The first-order valence-electron chi connectivity index (χ1n) is 9.41. The molecule has 1 aliphatic heterocycles. The van der Waals surface area contributed by atoms with Gasteiger partial charge >= 0.3 is 6.03 Å². The van der Waals surface area contributed by atoms with E-state index in [-0.39, 0.29) is 32.8 Å². The molecule has 0 bridgehead atoms. The zero-order chi connectivity index (χ0) is 23.6. The number of ether oxygens (including phenoxy) is 1. The highest BCUT2D eigenvalue weighted by molar-refractivity contribution is 6.40. The SMILES string of the molecule is CC(C)c1ccc(N2C(=O)NC(=O)/C(=C/c3cc(Cl)c(OCC(=O)[O-])c(Cl)c3)C2=O)cc1. The van der Waals surface area contributed by atoms with E-state index >= 15 is 0 Å². The molecule has 1 heterocycles. The van der Waals surface area contributed by atoms with Gasteiger partial charge in [0.2, 0.25) is 0 Å². The van der Waals surface area contributed by atoms with Crippen LogP contribution in [0.5, 0.6) is 5.75 Å². The fourth-order valence-corrected chi connectivity index (χ4v) is 3.61. The average Bonchev–Trinajstić information content (AvgIpc) is 2.70. The molecule has 0 radical (unpaired) electrons. The van der Waals surface area contributed by atoms with Crippen LogP contribution in [0, 0.1) is 0 Å². The van der Waals surface area contributed by atoms with Crippen molar-refractivity contribution in [1.29, 1.82) is 0 Å². The molecule has 0 unspecified atom stereocenters. The first-order valence-corrected chi connectivity index (χ1v) is 10.2. The number of nitrogens with one attached hydrogen (secondary N) is 1. The number of aliphatic carboxylic acids is 1. The van der Waals surface area contributed by atoms with Gasteiger partial charge in [0.1, 0.15) is 12.2 Å². The molecule has 0 aromatic heterocycles. The van der Waals surface area contributed by atoms with Gasteiger partial charge in [-0.2, -0.15) is 0 Å². The highest BCUT2D eigenvalue weighted by Gasteiger charge is 2.36. The molecule has 1 fully saturated rings. The second-order valence-electron chi connectivity index (χ2n) is 7.18. The number of carboxylic acid groups (broad SMARTS) is 1. The molecule has 0 spiro atoms. The van der Waals surface area contributed by atoms with E-state index in [4.69, 9.17) is 27.9 Å². The van der Waals surface area contributed by atoms with Crippen LogP contribution >= 0.6 is 23.2 Å². The molecule has 1 aliphatic rings. The molecule has 0 aliphatic carbocycles. The third-order valence-electron chi connectivity index (χ3n) is 4.59. The predicted octanol–water partition coefficient (Wildman–Crippen LogP) is 2.91. The van der Waals surface area contributed by atoms with Crippen molar-refractivity contribution in [2.45, 2.75) is 19.8 Å². The van der Waals surface area contributed by atoms with Crippen LogP contribution in [0.3, 0.4) is 0 Å². The largest absolute Gasteiger partial charge is 0.546 e. The van der Waals surface area contributed by atoms with Gasteiger partial charge in [0, 0.05) is 0 Å². The lowest BCUT2D eigenvalue weighted by Gasteiger charge is -2.26. The number of carbonyl (C=O) groups excluding carboxylic acids is 4. The first kappa shape index (κ1) is 23.3. The summed E-state index contributed by atoms with van der Waals surface area (Å²) in [4.78, 5) is 49.1. The number of urea groups is 1. The van der Waals surface area contributed by atoms with Crippen LogP contribution in [-0.4, -0.2) is 30.4 Å². The van der Waals surface area contributed by atoms with Gasteiger partial charge in [-0.05, 0) is 47.4 Å². The molecule has 0 saturated carbocycles. The maximum atomic E-state index is 13.0. The van der Waals surface area contributed by atoms with Crippen LogP contribution in [0.1, 0.15) is 30.9 Å². The van der Waals surface area contributed by atoms with Crippen molar-refractivity contribution < 1.29 is 29.0 Å². The predicted molar refractivity (Wildman–Crippen MR) is 116 cm³/mol. The summed E-state index contributed by atoms with van der Waals surface area (Å²) in [5.41, 5.74) is 1.28. The van der Waals surface area contributed by atoms with E-state index in [0.29, 0.717) is 5.69 Å². The molecule has 166 valence electrons. The molecule has 1 saturated heterocycles.